The van der Waals surface area contributed by atoms with Gasteiger partial charge in [0, 0.05) is 18.7 Å². The summed E-state index contributed by atoms with van der Waals surface area (Å²) in [5, 5.41) is 13.8. The van der Waals surface area contributed by atoms with Crippen molar-refractivity contribution in [1.82, 2.24) is 25.6 Å². The molecular weight excluding hydrogens is 406 g/mol. The van der Waals surface area contributed by atoms with E-state index in [-0.39, 0.29) is 23.6 Å². The number of hydrogen-bond acceptors (Lipinski definition) is 5. The zero-order valence-electron chi connectivity index (χ0n) is 18.1. The molecule has 0 aliphatic heterocycles. The van der Waals surface area contributed by atoms with Crippen LogP contribution in [0.2, 0.25) is 0 Å². The number of aromatic nitrogens is 3. The summed E-state index contributed by atoms with van der Waals surface area (Å²) >= 11 is 0. The Bertz CT molecular complexity index is 1080. The molecule has 3 aromatic rings. The molecule has 1 heterocycles. The zero-order chi connectivity index (χ0) is 22.3. The molecule has 1 aromatic heterocycles. The third-order valence-corrected chi connectivity index (χ3v) is 5.16. The molecule has 1 saturated carbocycles. The van der Waals surface area contributed by atoms with Crippen molar-refractivity contribution in [3.05, 3.63) is 71.5 Å². The van der Waals surface area contributed by atoms with Crippen LogP contribution in [0.5, 0.6) is 5.75 Å². The van der Waals surface area contributed by atoms with E-state index in [2.05, 4.69) is 33.1 Å². The SMILES string of the molecule is CCNC(=O)c1ccc(-n2cc(C(=O)NC3CC3)nn2)cc1OCCCc1ccccc1. The van der Waals surface area contributed by atoms with Crippen LogP contribution in [0.4, 0.5) is 0 Å². The second-order valence-corrected chi connectivity index (χ2v) is 7.77. The molecule has 0 bridgehead atoms. The molecule has 8 heteroatoms. The Labute approximate surface area is 187 Å². The van der Waals surface area contributed by atoms with Gasteiger partial charge in [0.15, 0.2) is 5.69 Å². The van der Waals surface area contributed by atoms with E-state index < -0.39 is 0 Å². The van der Waals surface area contributed by atoms with Gasteiger partial charge in [-0.2, -0.15) is 0 Å². The lowest BCUT2D eigenvalue weighted by Crippen LogP contribution is -2.25. The van der Waals surface area contributed by atoms with Crippen LogP contribution >= 0.6 is 0 Å². The van der Waals surface area contributed by atoms with Gasteiger partial charge in [0.2, 0.25) is 0 Å². The molecule has 166 valence electrons. The van der Waals surface area contributed by atoms with Crippen LogP contribution in [0.3, 0.4) is 0 Å². The van der Waals surface area contributed by atoms with Crippen LogP contribution in [-0.4, -0.2) is 46.0 Å². The summed E-state index contributed by atoms with van der Waals surface area (Å²) in [5.41, 5.74) is 2.62. The van der Waals surface area contributed by atoms with Crippen LogP contribution in [-0.2, 0) is 6.42 Å². The predicted octanol–water partition coefficient (Wildman–Crippen LogP) is 2.92. The Morgan fingerprint density at radius 3 is 2.69 bits per heavy atom. The monoisotopic (exact) mass is 433 g/mol. The van der Waals surface area contributed by atoms with Gasteiger partial charge in [0.05, 0.1) is 24.1 Å². The molecule has 8 nitrogen and oxygen atoms in total. The Morgan fingerprint density at radius 1 is 1.12 bits per heavy atom. The van der Waals surface area contributed by atoms with Gasteiger partial charge in [-0.15, -0.1) is 5.10 Å². The van der Waals surface area contributed by atoms with E-state index in [1.165, 1.54) is 10.2 Å². The number of nitrogens with zero attached hydrogens (tertiary/aromatic N) is 3. The minimum atomic E-state index is -0.227. The first-order valence-corrected chi connectivity index (χ1v) is 11.0. The van der Waals surface area contributed by atoms with Crippen LogP contribution in [0.1, 0.15) is 52.6 Å². The molecule has 0 saturated heterocycles. The molecule has 2 N–H and O–H groups in total. The second-order valence-electron chi connectivity index (χ2n) is 7.77. The van der Waals surface area contributed by atoms with Gasteiger partial charge >= 0.3 is 0 Å². The summed E-state index contributed by atoms with van der Waals surface area (Å²) < 4.78 is 7.52. The number of ether oxygens (including phenoxy) is 1. The van der Waals surface area contributed by atoms with E-state index in [1.807, 2.05) is 25.1 Å². The summed E-state index contributed by atoms with van der Waals surface area (Å²) in [6.45, 7) is 2.87. The zero-order valence-corrected chi connectivity index (χ0v) is 18.1. The first kappa shape index (κ1) is 21.5. The fourth-order valence-corrected chi connectivity index (χ4v) is 3.30. The van der Waals surface area contributed by atoms with E-state index >= 15 is 0 Å². The van der Waals surface area contributed by atoms with Crippen LogP contribution in [0.25, 0.3) is 5.69 Å². The minimum Gasteiger partial charge on any atom is -0.493 e. The van der Waals surface area contributed by atoms with Crippen LogP contribution in [0.15, 0.2) is 54.7 Å². The van der Waals surface area contributed by atoms with Crippen molar-refractivity contribution in [2.45, 2.75) is 38.6 Å². The van der Waals surface area contributed by atoms with Gasteiger partial charge in [-0.25, -0.2) is 4.68 Å². The average molecular weight is 434 g/mol. The highest BCUT2D eigenvalue weighted by Gasteiger charge is 2.25. The summed E-state index contributed by atoms with van der Waals surface area (Å²) in [7, 11) is 0. The van der Waals surface area contributed by atoms with E-state index in [9.17, 15) is 9.59 Å². The largest absolute Gasteiger partial charge is 0.493 e. The van der Waals surface area contributed by atoms with Gasteiger partial charge in [-0.1, -0.05) is 35.5 Å². The van der Waals surface area contributed by atoms with Crippen molar-refractivity contribution in [2.24, 2.45) is 0 Å². The van der Waals surface area contributed by atoms with E-state index in [1.54, 1.807) is 24.4 Å². The molecule has 1 fully saturated rings. The summed E-state index contributed by atoms with van der Waals surface area (Å²) in [5.74, 6) is 0.0521. The Kier molecular flexibility index (Phi) is 6.79. The lowest BCUT2D eigenvalue weighted by atomic mass is 10.1. The van der Waals surface area contributed by atoms with Crippen molar-refractivity contribution < 1.29 is 14.3 Å². The highest BCUT2D eigenvalue weighted by atomic mass is 16.5. The molecule has 0 atom stereocenters. The lowest BCUT2D eigenvalue weighted by Gasteiger charge is -2.13. The highest BCUT2D eigenvalue weighted by molar-refractivity contribution is 5.97. The van der Waals surface area contributed by atoms with Gasteiger partial charge in [-0.05, 0) is 50.3 Å². The smallest absolute Gasteiger partial charge is 0.273 e. The van der Waals surface area contributed by atoms with Crippen molar-refractivity contribution in [3.63, 3.8) is 0 Å². The molecule has 2 amide bonds. The van der Waals surface area contributed by atoms with Gasteiger partial charge in [0.1, 0.15) is 5.75 Å². The lowest BCUT2D eigenvalue weighted by molar-refractivity contribution is 0.0940. The number of rotatable bonds is 10. The number of hydrogen-bond donors (Lipinski definition) is 2. The molecule has 0 spiro atoms. The minimum absolute atomic E-state index is 0.194. The Balaban J connectivity index is 1.48. The average Bonchev–Trinajstić information content (AvgIpc) is 3.48. The molecule has 1 aliphatic carbocycles. The molecule has 4 rings (SSSR count). The first-order chi connectivity index (χ1) is 15.6. The number of carbonyl (C=O) groups is 2. The molecule has 2 aromatic carbocycles. The van der Waals surface area contributed by atoms with Gasteiger partial charge in [-0.3, -0.25) is 9.59 Å². The Hall–Kier alpha value is -3.68. The maximum atomic E-state index is 12.5. The predicted molar refractivity (Wildman–Crippen MR) is 120 cm³/mol. The standard InChI is InChI=1S/C24H27N5O3/c1-2-25-23(30)20-13-12-19(29-16-21(27-28-29)24(31)26-18-10-11-18)15-22(20)32-14-6-9-17-7-4-3-5-8-17/h3-5,7-8,12-13,15-16,18H,2,6,9-11,14H2,1H3,(H,25,30)(H,26,31). The van der Waals surface area contributed by atoms with Crippen molar-refractivity contribution in [3.8, 4) is 11.4 Å². The third kappa shape index (κ3) is 5.51. The topological polar surface area (TPSA) is 98.1 Å². The molecule has 32 heavy (non-hydrogen) atoms. The maximum Gasteiger partial charge on any atom is 0.273 e. The second kappa shape index (κ2) is 10.1. The Morgan fingerprint density at radius 2 is 1.94 bits per heavy atom. The number of benzene rings is 2. The van der Waals surface area contributed by atoms with E-state index in [0.717, 1.165) is 25.7 Å². The fourth-order valence-electron chi connectivity index (χ4n) is 3.30. The quantitative estimate of drug-likeness (QED) is 0.479. The van der Waals surface area contributed by atoms with Crippen molar-refractivity contribution in [2.75, 3.05) is 13.2 Å². The molecular formula is C24H27N5O3. The number of carbonyl (C=O) groups excluding carboxylic acids is 2. The normalized spacial score (nSPS) is 12.9. The third-order valence-electron chi connectivity index (χ3n) is 5.16. The number of amides is 2. The van der Waals surface area contributed by atoms with Gasteiger partial charge < -0.3 is 15.4 Å². The molecule has 0 unspecified atom stereocenters. The van der Waals surface area contributed by atoms with Crippen molar-refractivity contribution >= 4 is 11.8 Å². The summed E-state index contributed by atoms with van der Waals surface area (Å²) in [4.78, 5) is 24.7. The molecule has 1 aliphatic rings. The first-order valence-electron chi connectivity index (χ1n) is 11.0. The molecule has 0 radical (unpaired) electrons. The van der Waals surface area contributed by atoms with Crippen LogP contribution in [0, 0.1) is 0 Å². The van der Waals surface area contributed by atoms with Crippen molar-refractivity contribution in [1.29, 1.82) is 0 Å². The summed E-state index contributed by atoms with van der Waals surface area (Å²) in [6, 6.07) is 15.7. The van der Waals surface area contributed by atoms with Crippen LogP contribution < -0.4 is 15.4 Å². The number of nitrogens with one attached hydrogen (secondary N) is 2. The van der Waals surface area contributed by atoms with Gasteiger partial charge in [0.25, 0.3) is 11.8 Å². The fraction of sp³-hybridized carbons (Fsp3) is 0.333. The van der Waals surface area contributed by atoms with E-state index in [0.29, 0.717) is 30.2 Å². The highest BCUT2D eigenvalue weighted by Crippen LogP contribution is 2.24. The number of aryl methyl sites for hydroxylation is 1. The van der Waals surface area contributed by atoms with E-state index in [4.69, 9.17) is 4.74 Å². The summed E-state index contributed by atoms with van der Waals surface area (Å²) in [6.07, 6.45) is 5.30. The maximum absolute atomic E-state index is 12.5.